The zero-order valence-corrected chi connectivity index (χ0v) is 7.27. The summed E-state index contributed by atoms with van der Waals surface area (Å²) >= 11 is 5.83. The molecular formula is C9H9ClO. The summed E-state index contributed by atoms with van der Waals surface area (Å²) in [7, 11) is 0. The van der Waals surface area contributed by atoms with Gasteiger partial charge in [-0.3, -0.25) is 4.79 Å². The van der Waals surface area contributed by atoms with E-state index in [4.69, 9.17) is 11.6 Å². The summed E-state index contributed by atoms with van der Waals surface area (Å²) in [6, 6.07) is 3.48. The molecule has 0 bridgehead atoms. The van der Waals surface area contributed by atoms with Crippen LogP contribution in [-0.2, 0) is 0 Å². The van der Waals surface area contributed by atoms with E-state index in [1.165, 1.54) is 0 Å². The monoisotopic (exact) mass is 168 g/mol. The van der Waals surface area contributed by atoms with Crippen LogP contribution in [0.25, 0.3) is 0 Å². The van der Waals surface area contributed by atoms with Crippen molar-refractivity contribution in [2.75, 3.05) is 0 Å². The molecule has 0 amide bonds. The van der Waals surface area contributed by atoms with E-state index in [1.54, 1.807) is 12.1 Å². The van der Waals surface area contributed by atoms with Crippen LogP contribution in [0.2, 0.25) is 5.02 Å². The van der Waals surface area contributed by atoms with Crippen molar-refractivity contribution < 1.29 is 4.79 Å². The smallest absolute Gasteiger partial charge is 0.150 e. The van der Waals surface area contributed by atoms with Crippen LogP contribution in [0, 0.1) is 13.8 Å². The van der Waals surface area contributed by atoms with Gasteiger partial charge in [-0.1, -0.05) is 11.6 Å². The Morgan fingerprint density at radius 3 is 2.45 bits per heavy atom. The van der Waals surface area contributed by atoms with Gasteiger partial charge in [0.2, 0.25) is 0 Å². The summed E-state index contributed by atoms with van der Waals surface area (Å²) in [4.78, 5) is 10.4. The highest BCUT2D eigenvalue weighted by Crippen LogP contribution is 2.20. The fourth-order valence-electron chi connectivity index (χ4n) is 0.936. The van der Waals surface area contributed by atoms with Crippen molar-refractivity contribution in [1.29, 1.82) is 0 Å². The Morgan fingerprint density at radius 1 is 1.27 bits per heavy atom. The topological polar surface area (TPSA) is 17.1 Å². The molecule has 0 aliphatic heterocycles. The standard InChI is InChI=1S/C9H9ClO/c1-6-7(2)9(10)4-3-8(6)5-11/h3-5H,1-2H3. The molecule has 0 saturated carbocycles. The lowest BCUT2D eigenvalue weighted by Crippen LogP contribution is -1.89. The number of rotatable bonds is 1. The minimum atomic E-state index is 0.715. The number of halogens is 1. The number of benzene rings is 1. The number of hydrogen-bond acceptors (Lipinski definition) is 1. The molecule has 0 fully saturated rings. The van der Waals surface area contributed by atoms with Crippen LogP contribution in [0.5, 0.6) is 0 Å². The van der Waals surface area contributed by atoms with Gasteiger partial charge in [0, 0.05) is 10.6 Å². The van der Waals surface area contributed by atoms with Gasteiger partial charge in [0.1, 0.15) is 6.29 Å². The second-order valence-corrected chi connectivity index (χ2v) is 2.91. The van der Waals surface area contributed by atoms with Gasteiger partial charge >= 0.3 is 0 Å². The summed E-state index contributed by atoms with van der Waals surface area (Å²) in [6.45, 7) is 3.80. The second-order valence-electron chi connectivity index (χ2n) is 2.50. The van der Waals surface area contributed by atoms with Crippen LogP contribution in [0.15, 0.2) is 12.1 Å². The van der Waals surface area contributed by atoms with Crippen molar-refractivity contribution in [3.63, 3.8) is 0 Å². The van der Waals surface area contributed by atoms with Crippen LogP contribution in [0.4, 0.5) is 0 Å². The quantitative estimate of drug-likeness (QED) is 0.590. The predicted octanol–water partition coefficient (Wildman–Crippen LogP) is 2.77. The molecule has 11 heavy (non-hydrogen) atoms. The highest BCUT2D eigenvalue weighted by molar-refractivity contribution is 6.31. The summed E-state index contributed by atoms with van der Waals surface area (Å²) < 4.78 is 0. The molecule has 2 heteroatoms. The molecule has 0 aliphatic carbocycles. The van der Waals surface area contributed by atoms with Gasteiger partial charge in [0.05, 0.1) is 0 Å². The first kappa shape index (κ1) is 8.28. The Balaban J connectivity index is 3.36. The second kappa shape index (κ2) is 3.05. The van der Waals surface area contributed by atoms with Crippen molar-refractivity contribution in [3.05, 3.63) is 33.8 Å². The fraction of sp³-hybridized carbons (Fsp3) is 0.222. The number of hydrogen-bond donors (Lipinski definition) is 0. The number of aldehydes is 1. The Morgan fingerprint density at radius 2 is 1.91 bits per heavy atom. The molecule has 1 aromatic rings. The minimum Gasteiger partial charge on any atom is -0.298 e. The number of carbonyl (C=O) groups excluding carboxylic acids is 1. The fourth-order valence-corrected chi connectivity index (χ4v) is 1.14. The van der Waals surface area contributed by atoms with E-state index in [0.29, 0.717) is 10.6 Å². The normalized spacial score (nSPS) is 9.73. The largest absolute Gasteiger partial charge is 0.298 e. The zero-order chi connectivity index (χ0) is 8.43. The average Bonchev–Trinajstić information content (AvgIpc) is 2.01. The molecule has 58 valence electrons. The SMILES string of the molecule is Cc1c(Cl)ccc(C=O)c1C. The van der Waals surface area contributed by atoms with Crippen molar-refractivity contribution >= 4 is 17.9 Å². The van der Waals surface area contributed by atoms with E-state index in [9.17, 15) is 4.79 Å². The van der Waals surface area contributed by atoms with E-state index in [0.717, 1.165) is 17.4 Å². The molecule has 0 N–H and O–H groups in total. The molecule has 0 atom stereocenters. The molecule has 0 saturated heterocycles. The van der Waals surface area contributed by atoms with Crippen molar-refractivity contribution in [2.24, 2.45) is 0 Å². The van der Waals surface area contributed by atoms with E-state index in [2.05, 4.69) is 0 Å². The highest BCUT2D eigenvalue weighted by Gasteiger charge is 2.02. The summed E-state index contributed by atoms with van der Waals surface area (Å²) in [5, 5.41) is 0.716. The molecule has 1 nitrogen and oxygen atoms in total. The van der Waals surface area contributed by atoms with E-state index >= 15 is 0 Å². The van der Waals surface area contributed by atoms with Gasteiger partial charge in [0.25, 0.3) is 0 Å². The summed E-state index contributed by atoms with van der Waals surface area (Å²) in [5.41, 5.74) is 2.66. The third-order valence-electron chi connectivity index (χ3n) is 1.89. The molecule has 0 aromatic heterocycles. The third-order valence-corrected chi connectivity index (χ3v) is 2.30. The van der Waals surface area contributed by atoms with Crippen LogP contribution in [0.1, 0.15) is 21.5 Å². The predicted molar refractivity (Wildman–Crippen MR) is 46.3 cm³/mol. The molecule has 0 unspecified atom stereocenters. The number of carbonyl (C=O) groups is 1. The summed E-state index contributed by atoms with van der Waals surface area (Å²) in [5.74, 6) is 0. The highest BCUT2D eigenvalue weighted by atomic mass is 35.5. The lowest BCUT2D eigenvalue weighted by molar-refractivity contribution is 0.112. The maximum atomic E-state index is 10.4. The van der Waals surface area contributed by atoms with Crippen molar-refractivity contribution in [2.45, 2.75) is 13.8 Å². The van der Waals surface area contributed by atoms with Crippen LogP contribution < -0.4 is 0 Å². The van der Waals surface area contributed by atoms with Crippen LogP contribution in [-0.4, -0.2) is 6.29 Å². The van der Waals surface area contributed by atoms with Gasteiger partial charge < -0.3 is 0 Å². The van der Waals surface area contributed by atoms with Gasteiger partial charge in [-0.2, -0.15) is 0 Å². The molecule has 0 spiro atoms. The van der Waals surface area contributed by atoms with Gasteiger partial charge in [0.15, 0.2) is 0 Å². The minimum absolute atomic E-state index is 0.715. The first-order chi connectivity index (χ1) is 5.16. The molecule has 1 rings (SSSR count). The van der Waals surface area contributed by atoms with Crippen molar-refractivity contribution in [1.82, 2.24) is 0 Å². The van der Waals surface area contributed by atoms with Crippen LogP contribution in [0.3, 0.4) is 0 Å². The molecule has 0 heterocycles. The Bertz CT molecular complexity index is 292. The van der Waals surface area contributed by atoms with Crippen LogP contribution >= 0.6 is 11.6 Å². The average molecular weight is 169 g/mol. The molecular weight excluding hydrogens is 160 g/mol. The first-order valence-electron chi connectivity index (χ1n) is 3.37. The third kappa shape index (κ3) is 1.43. The maximum absolute atomic E-state index is 10.4. The Kier molecular flexibility index (Phi) is 2.30. The van der Waals surface area contributed by atoms with E-state index in [-0.39, 0.29) is 0 Å². The van der Waals surface area contributed by atoms with Crippen molar-refractivity contribution in [3.8, 4) is 0 Å². The van der Waals surface area contributed by atoms with E-state index < -0.39 is 0 Å². The van der Waals surface area contributed by atoms with E-state index in [1.807, 2.05) is 13.8 Å². The zero-order valence-electron chi connectivity index (χ0n) is 6.52. The lowest BCUT2D eigenvalue weighted by atomic mass is 10.0. The maximum Gasteiger partial charge on any atom is 0.150 e. The lowest BCUT2D eigenvalue weighted by Gasteiger charge is -2.03. The molecule has 1 aromatic carbocycles. The van der Waals surface area contributed by atoms with Gasteiger partial charge in [-0.25, -0.2) is 0 Å². The first-order valence-corrected chi connectivity index (χ1v) is 3.75. The molecule has 0 radical (unpaired) electrons. The molecule has 0 aliphatic rings. The Hall–Kier alpha value is -0.820. The Labute approximate surface area is 71.0 Å². The van der Waals surface area contributed by atoms with Gasteiger partial charge in [-0.15, -0.1) is 0 Å². The summed E-state index contributed by atoms with van der Waals surface area (Å²) in [6.07, 6.45) is 0.846. The van der Waals surface area contributed by atoms with Gasteiger partial charge in [-0.05, 0) is 37.1 Å².